The van der Waals surface area contributed by atoms with Crippen LogP contribution in [0.1, 0.15) is 49.8 Å². The second kappa shape index (κ2) is 8.49. The number of hydrogen-bond acceptors (Lipinski definition) is 5. The maximum Gasteiger partial charge on any atom is 0.263 e. The molecule has 2 aliphatic rings. The molecule has 1 aromatic carbocycles. The van der Waals surface area contributed by atoms with Crippen molar-refractivity contribution in [3.05, 3.63) is 57.5 Å². The molecule has 0 saturated carbocycles. The number of benzene rings is 1. The molecule has 0 spiro atoms. The average Bonchev–Trinajstić information content (AvgIpc) is 3.22. The van der Waals surface area contributed by atoms with Crippen LogP contribution in [0.15, 0.2) is 29.1 Å². The van der Waals surface area contributed by atoms with Crippen molar-refractivity contribution in [1.29, 1.82) is 0 Å². The highest BCUT2D eigenvalue weighted by Crippen LogP contribution is 2.31. The molecule has 4 rings (SSSR count). The van der Waals surface area contributed by atoms with E-state index < -0.39 is 11.9 Å². The first-order valence-electron chi connectivity index (χ1n) is 10.4. The van der Waals surface area contributed by atoms with E-state index in [0.29, 0.717) is 49.6 Å². The highest BCUT2D eigenvalue weighted by molar-refractivity contribution is 5.81. The molecule has 0 unspecified atom stereocenters. The first-order chi connectivity index (χ1) is 14.8. The Kier molecular flexibility index (Phi) is 5.75. The van der Waals surface area contributed by atoms with E-state index in [1.54, 1.807) is 22.8 Å². The number of aromatic amines is 1. The van der Waals surface area contributed by atoms with E-state index in [-0.39, 0.29) is 29.2 Å². The van der Waals surface area contributed by atoms with Crippen LogP contribution in [-0.4, -0.2) is 50.8 Å². The van der Waals surface area contributed by atoms with Gasteiger partial charge in [-0.2, -0.15) is 0 Å². The highest BCUT2D eigenvalue weighted by Gasteiger charge is 2.35. The van der Waals surface area contributed by atoms with Crippen LogP contribution >= 0.6 is 0 Å². The van der Waals surface area contributed by atoms with Crippen molar-refractivity contribution < 1.29 is 18.7 Å². The van der Waals surface area contributed by atoms with Crippen LogP contribution in [0.2, 0.25) is 0 Å². The van der Waals surface area contributed by atoms with Crippen molar-refractivity contribution >= 4 is 11.8 Å². The minimum atomic E-state index is -0.819. The highest BCUT2D eigenvalue weighted by atomic mass is 19.1. The number of likely N-dealkylation sites (tertiary alicyclic amines) is 1. The largest absolute Gasteiger partial charge is 0.481 e. The third-order valence-corrected chi connectivity index (χ3v) is 5.85. The Labute approximate surface area is 179 Å². The van der Waals surface area contributed by atoms with Gasteiger partial charge in [0.2, 0.25) is 5.91 Å². The van der Waals surface area contributed by atoms with Gasteiger partial charge in [-0.3, -0.25) is 14.4 Å². The smallest absolute Gasteiger partial charge is 0.263 e. The molecule has 9 heteroatoms. The number of hydrogen-bond donors (Lipinski definition) is 1. The van der Waals surface area contributed by atoms with Crippen molar-refractivity contribution in [3.63, 3.8) is 0 Å². The topological polar surface area (TPSA) is 95.6 Å². The van der Waals surface area contributed by atoms with Gasteiger partial charge in [-0.1, -0.05) is 6.07 Å². The maximum atomic E-state index is 13.4. The van der Waals surface area contributed by atoms with Crippen molar-refractivity contribution in [3.8, 4) is 5.75 Å². The van der Waals surface area contributed by atoms with Crippen LogP contribution in [0.3, 0.4) is 0 Å². The molecule has 8 nitrogen and oxygen atoms in total. The van der Waals surface area contributed by atoms with Crippen molar-refractivity contribution in [2.45, 2.75) is 51.8 Å². The number of halogens is 1. The molecule has 2 aromatic rings. The van der Waals surface area contributed by atoms with E-state index in [1.807, 2.05) is 0 Å². The van der Waals surface area contributed by atoms with E-state index >= 15 is 0 Å². The van der Waals surface area contributed by atoms with Crippen LogP contribution in [-0.2, 0) is 22.6 Å². The number of carbonyl (C=O) groups is 2. The van der Waals surface area contributed by atoms with Gasteiger partial charge in [-0.05, 0) is 38.3 Å². The molecular formula is C22H25FN4O4. The summed E-state index contributed by atoms with van der Waals surface area (Å²) >= 11 is 0. The van der Waals surface area contributed by atoms with Gasteiger partial charge in [0.05, 0.1) is 18.3 Å². The van der Waals surface area contributed by atoms with E-state index in [4.69, 9.17) is 4.74 Å². The third-order valence-electron chi connectivity index (χ3n) is 5.85. The summed E-state index contributed by atoms with van der Waals surface area (Å²) in [5, 5.41) is 0. The molecule has 31 heavy (non-hydrogen) atoms. The number of fused-ring (bicyclic) bond motifs is 1. The van der Waals surface area contributed by atoms with E-state index in [0.717, 1.165) is 6.42 Å². The average molecular weight is 428 g/mol. The number of carbonyl (C=O) groups excluding carboxylic acids is 2. The number of H-pyrrole nitrogens is 1. The summed E-state index contributed by atoms with van der Waals surface area (Å²) in [5.74, 6) is -0.0430. The summed E-state index contributed by atoms with van der Waals surface area (Å²) in [4.78, 5) is 48.3. The molecule has 1 aromatic heterocycles. The Balaban J connectivity index is 1.55. The molecule has 164 valence electrons. The van der Waals surface area contributed by atoms with Gasteiger partial charge in [0.1, 0.15) is 17.4 Å². The zero-order chi connectivity index (χ0) is 22.1. The molecule has 2 aliphatic heterocycles. The zero-order valence-corrected chi connectivity index (χ0v) is 17.6. The minimum Gasteiger partial charge on any atom is -0.481 e. The number of nitrogens with one attached hydrogen (secondary N) is 1. The maximum absolute atomic E-state index is 13.4. The second-order valence-electron chi connectivity index (χ2n) is 7.97. The quantitative estimate of drug-likeness (QED) is 0.803. The molecule has 2 amide bonds. The van der Waals surface area contributed by atoms with Crippen molar-refractivity contribution in [2.75, 3.05) is 13.1 Å². The molecule has 3 heterocycles. The lowest BCUT2D eigenvalue weighted by molar-refractivity contribution is -0.139. The number of aromatic nitrogens is 2. The molecule has 0 radical (unpaired) electrons. The van der Waals surface area contributed by atoms with E-state index in [2.05, 4.69) is 9.97 Å². The van der Waals surface area contributed by atoms with Gasteiger partial charge < -0.3 is 19.5 Å². The van der Waals surface area contributed by atoms with Crippen molar-refractivity contribution in [1.82, 2.24) is 19.8 Å². The van der Waals surface area contributed by atoms with Crippen LogP contribution in [0.5, 0.6) is 5.75 Å². The second-order valence-corrected chi connectivity index (χ2v) is 7.97. The zero-order valence-electron chi connectivity index (χ0n) is 17.6. The van der Waals surface area contributed by atoms with E-state index in [9.17, 15) is 18.8 Å². The van der Waals surface area contributed by atoms with Crippen LogP contribution < -0.4 is 10.3 Å². The molecule has 0 aliphatic carbocycles. The summed E-state index contributed by atoms with van der Waals surface area (Å²) in [6.07, 6.45) is 1.07. The summed E-state index contributed by atoms with van der Waals surface area (Å²) in [6, 6.07) is 5.27. The van der Waals surface area contributed by atoms with Gasteiger partial charge in [0.25, 0.3) is 11.5 Å². The molecule has 0 bridgehead atoms. The first kappa shape index (κ1) is 21.0. The number of amides is 2. The van der Waals surface area contributed by atoms with Gasteiger partial charge in [0.15, 0.2) is 6.10 Å². The predicted octanol–water partition coefficient (Wildman–Crippen LogP) is 1.94. The lowest BCUT2D eigenvalue weighted by atomic mass is 10.1. The summed E-state index contributed by atoms with van der Waals surface area (Å²) in [7, 11) is 0. The first-order valence-corrected chi connectivity index (χ1v) is 10.4. The molecular weight excluding hydrogens is 403 g/mol. The lowest BCUT2D eigenvalue weighted by Gasteiger charge is -2.29. The summed E-state index contributed by atoms with van der Waals surface area (Å²) in [5.41, 5.74) is 0.968. The van der Waals surface area contributed by atoms with Gasteiger partial charge in [-0.15, -0.1) is 0 Å². The Morgan fingerprint density at radius 2 is 2.13 bits per heavy atom. The molecule has 1 N–H and O–H groups in total. The molecule has 2 atom stereocenters. The number of ether oxygens (including phenoxy) is 1. The lowest BCUT2D eigenvalue weighted by Crippen LogP contribution is -2.42. The fourth-order valence-electron chi connectivity index (χ4n) is 4.23. The normalized spacial score (nSPS) is 19.1. The van der Waals surface area contributed by atoms with Crippen LogP contribution in [0.25, 0.3) is 0 Å². The van der Waals surface area contributed by atoms with Gasteiger partial charge >= 0.3 is 0 Å². The monoisotopic (exact) mass is 428 g/mol. The SMILES string of the molecule is CC(=O)N1CCc2c(nc([C@@H]3CCCN3C(=O)[C@H](C)Oc3cccc(F)c3)[nH]c2=O)C1. The summed E-state index contributed by atoms with van der Waals surface area (Å²) < 4.78 is 19.1. The minimum absolute atomic E-state index is 0.0599. The summed E-state index contributed by atoms with van der Waals surface area (Å²) in [6.45, 7) is 4.42. The van der Waals surface area contributed by atoms with E-state index in [1.165, 1.54) is 25.1 Å². The van der Waals surface area contributed by atoms with Crippen LogP contribution in [0.4, 0.5) is 4.39 Å². The standard InChI is InChI=1S/C22H25FN4O4/c1-13(31-16-6-3-5-15(23)11-16)22(30)27-9-4-7-19(27)20-24-18-12-26(14(2)28)10-8-17(18)21(29)25-20/h3,5-6,11,13,19H,4,7-10,12H2,1-2H3,(H,24,25,29)/t13-,19-/m0/s1. The fraction of sp³-hybridized carbons (Fsp3) is 0.455. The Bertz CT molecular complexity index is 1070. The molecule has 1 fully saturated rings. The van der Waals surface area contributed by atoms with Gasteiger partial charge in [0, 0.05) is 31.6 Å². The Morgan fingerprint density at radius 3 is 2.87 bits per heavy atom. The number of rotatable bonds is 4. The third kappa shape index (κ3) is 4.30. The Morgan fingerprint density at radius 1 is 1.32 bits per heavy atom. The van der Waals surface area contributed by atoms with Crippen molar-refractivity contribution in [2.24, 2.45) is 0 Å². The van der Waals surface area contributed by atoms with Gasteiger partial charge in [-0.25, -0.2) is 9.37 Å². The Hall–Kier alpha value is -3.23. The molecule has 1 saturated heterocycles. The fourth-order valence-corrected chi connectivity index (χ4v) is 4.23. The van der Waals surface area contributed by atoms with Crippen LogP contribution in [0, 0.1) is 5.82 Å². The predicted molar refractivity (Wildman–Crippen MR) is 110 cm³/mol. The number of nitrogens with zero attached hydrogens (tertiary/aromatic N) is 3.